The molecular weight excluding hydrogens is 540 g/mol. The van der Waals surface area contributed by atoms with Crippen molar-refractivity contribution in [2.45, 2.75) is 77.0 Å². The average molecular weight is 574 g/mol. The Morgan fingerprint density at radius 2 is 2.00 bits per heavy atom. The first-order valence-electron chi connectivity index (χ1n) is 13.7. The number of hydrogen-bond donors (Lipinski definition) is 4. The van der Waals surface area contributed by atoms with Crippen molar-refractivity contribution in [3.05, 3.63) is 69.5 Å². The highest BCUT2D eigenvalue weighted by Gasteiger charge is 2.47. The molecule has 8 nitrogen and oxygen atoms in total. The SMILES string of the molecule is CC[C@@H]1C[C@](Cc2nc(Nc3cc(C)[nH]n3)cc(C3(O)CCC3)c2F)(C(=O)O)CCN1Cc1cccc(Cl)c1F. The lowest BCUT2D eigenvalue weighted by atomic mass is 9.70. The summed E-state index contributed by atoms with van der Waals surface area (Å²) in [4.78, 5) is 19.4. The number of rotatable bonds is 9. The molecule has 214 valence electrons. The lowest BCUT2D eigenvalue weighted by Crippen LogP contribution is -2.50. The Hall–Kier alpha value is -3.08. The molecule has 3 heterocycles. The van der Waals surface area contributed by atoms with Gasteiger partial charge in [-0.3, -0.25) is 14.8 Å². The molecule has 1 aromatic carbocycles. The molecule has 40 heavy (non-hydrogen) atoms. The van der Waals surface area contributed by atoms with Crippen molar-refractivity contribution in [3.63, 3.8) is 0 Å². The van der Waals surface area contributed by atoms with E-state index in [4.69, 9.17) is 11.6 Å². The van der Waals surface area contributed by atoms with Gasteiger partial charge in [-0.1, -0.05) is 30.7 Å². The van der Waals surface area contributed by atoms with Crippen molar-refractivity contribution in [2.75, 3.05) is 11.9 Å². The van der Waals surface area contributed by atoms with E-state index in [0.29, 0.717) is 49.6 Å². The number of hydrogen-bond acceptors (Lipinski definition) is 6. The van der Waals surface area contributed by atoms with Crippen LogP contribution in [0.2, 0.25) is 5.02 Å². The highest BCUT2D eigenvalue weighted by atomic mass is 35.5. The Labute approximate surface area is 236 Å². The first-order valence-corrected chi connectivity index (χ1v) is 14.0. The van der Waals surface area contributed by atoms with E-state index in [1.165, 1.54) is 12.1 Å². The minimum absolute atomic E-state index is 0.000767. The van der Waals surface area contributed by atoms with Crippen LogP contribution < -0.4 is 5.32 Å². The molecule has 2 aliphatic rings. The van der Waals surface area contributed by atoms with E-state index in [1.807, 2.05) is 13.8 Å². The number of aryl methyl sites for hydroxylation is 1. The number of H-pyrrole nitrogens is 1. The minimum atomic E-state index is -1.31. The zero-order chi connectivity index (χ0) is 28.7. The van der Waals surface area contributed by atoms with Gasteiger partial charge in [-0.05, 0) is 64.1 Å². The Morgan fingerprint density at radius 3 is 2.62 bits per heavy atom. The molecule has 0 bridgehead atoms. The molecule has 0 spiro atoms. The van der Waals surface area contributed by atoms with E-state index in [0.717, 1.165) is 12.1 Å². The predicted octanol–water partition coefficient (Wildman–Crippen LogP) is 5.85. The number of aromatic nitrogens is 3. The van der Waals surface area contributed by atoms with Gasteiger partial charge in [0.05, 0.1) is 21.7 Å². The lowest BCUT2D eigenvalue weighted by molar-refractivity contribution is -0.154. The van der Waals surface area contributed by atoms with Gasteiger partial charge in [0.1, 0.15) is 11.6 Å². The molecule has 2 atom stereocenters. The number of carboxylic acid groups (broad SMARTS) is 1. The fourth-order valence-electron chi connectivity index (χ4n) is 5.97. The number of halogens is 3. The quantitative estimate of drug-likeness (QED) is 0.254. The third-order valence-electron chi connectivity index (χ3n) is 8.53. The summed E-state index contributed by atoms with van der Waals surface area (Å²) >= 11 is 5.98. The number of aliphatic carboxylic acids is 1. The lowest BCUT2D eigenvalue weighted by Gasteiger charge is -2.44. The fourth-order valence-corrected chi connectivity index (χ4v) is 6.16. The molecule has 11 heteroatoms. The number of pyridine rings is 1. The number of piperidine rings is 1. The Morgan fingerprint density at radius 1 is 1.23 bits per heavy atom. The maximum Gasteiger partial charge on any atom is 0.310 e. The second-order valence-corrected chi connectivity index (χ2v) is 11.6. The number of likely N-dealkylation sites (tertiary alicyclic amines) is 1. The topological polar surface area (TPSA) is 114 Å². The molecule has 0 amide bonds. The highest BCUT2D eigenvalue weighted by molar-refractivity contribution is 6.30. The smallest absolute Gasteiger partial charge is 0.310 e. The largest absolute Gasteiger partial charge is 0.481 e. The van der Waals surface area contributed by atoms with Gasteiger partial charge in [-0.15, -0.1) is 0 Å². The third kappa shape index (κ3) is 5.44. The zero-order valence-electron chi connectivity index (χ0n) is 22.6. The number of aliphatic hydroxyl groups is 1. The normalized spacial score (nSPS) is 22.6. The summed E-state index contributed by atoms with van der Waals surface area (Å²) in [5.74, 6) is -1.39. The van der Waals surface area contributed by atoms with Crippen LogP contribution in [0.15, 0.2) is 30.3 Å². The van der Waals surface area contributed by atoms with Gasteiger partial charge in [0.25, 0.3) is 0 Å². The number of carbonyl (C=O) groups is 1. The first-order chi connectivity index (χ1) is 19.0. The Bertz CT molecular complexity index is 1410. The van der Waals surface area contributed by atoms with Crippen LogP contribution in [0.5, 0.6) is 0 Å². The van der Waals surface area contributed by atoms with Crippen molar-refractivity contribution in [3.8, 4) is 0 Å². The van der Waals surface area contributed by atoms with Crippen molar-refractivity contribution in [1.82, 2.24) is 20.1 Å². The van der Waals surface area contributed by atoms with E-state index in [9.17, 15) is 19.4 Å². The third-order valence-corrected chi connectivity index (χ3v) is 8.82. The van der Waals surface area contributed by atoms with Gasteiger partial charge in [0.2, 0.25) is 0 Å². The molecule has 2 fully saturated rings. The van der Waals surface area contributed by atoms with Crippen molar-refractivity contribution >= 4 is 29.2 Å². The number of carboxylic acids is 1. The molecule has 1 saturated heterocycles. The van der Waals surface area contributed by atoms with Crippen LogP contribution in [0.3, 0.4) is 0 Å². The van der Waals surface area contributed by atoms with Crippen LogP contribution in [0.4, 0.5) is 20.4 Å². The minimum Gasteiger partial charge on any atom is -0.481 e. The maximum absolute atomic E-state index is 16.0. The number of nitrogens with zero attached hydrogens (tertiary/aromatic N) is 3. The van der Waals surface area contributed by atoms with Gasteiger partial charge in [0.15, 0.2) is 11.6 Å². The second-order valence-electron chi connectivity index (χ2n) is 11.2. The maximum atomic E-state index is 16.0. The highest BCUT2D eigenvalue weighted by Crippen LogP contribution is 2.45. The summed E-state index contributed by atoms with van der Waals surface area (Å²) in [7, 11) is 0. The molecule has 0 unspecified atom stereocenters. The van der Waals surface area contributed by atoms with Crippen molar-refractivity contribution in [2.24, 2.45) is 5.41 Å². The summed E-state index contributed by atoms with van der Waals surface area (Å²) in [6.45, 7) is 4.49. The molecule has 1 saturated carbocycles. The standard InChI is InChI=1S/C29H34ClF2N5O3/c1-3-19-14-28(27(38)39,10-11-37(19)16-18-6-4-7-21(30)25(18)31)15-22-26(32)20(29(40)8-5-9-29)13-23(33-22)34-24-12-17(2)35-36-24/h4,6-7,12-13,19,40H,3,5,8-11,14-16H2,1-2H3,(H,38,39)(H2,33,34,35,36)/t19-,28-/m1/s1. The van der Waals surface area contributed by atoms with Crippen molar-refractivity contribution in [1.29, 1.82) is 0 Å². The van der Waals surface area contributed by atoms with E-state index < -0.39 is 28.6 Å². The summed E-state index contributed by atoms with van der Waals surface area (Å²) in [5.41, 5.74) is -1.19. The molecule has 2 aromatic heterocycles. The monoisotopic (exact) mass is 573 g/mol. The van der Waals surface area contributed by atoms with Crippen LogP contribution in [-0.2, 0) is 23.4 Å². The number of aromatic amines is 1. The van der Waals surface area contributed by atoms with Gasteiger partial charge in [-0.25, -0.2) is 13.8 Å². The van der Waals surface area contributed by atoms with Gasteiger partial charge >= 0.3 is 5.97 Å². The average Bonchev–Trinajstić information content (AvgIpc) is 3.32. The second kappa shape index (κ2) is 11.1. The van der Waals surface area contributed by atoms with Crippen LogP contribution in [0, 0.1) is 24.0 Å². The van der Waals surface area contributed by atoms with Crippen LogP contribution in [0.1, 0.15) is 68.0 Å². The van der Waals surface area contributed by atoms with E-state index in [2.05, 4.69) is 25.4 Å². The number of benzene rings is 1. The molecule has 4 N–H and O–H groups in total. The summed E-state index contributed by atoms with van der Waals surface area (Å²) in [5, 5.41) is 31.7. The van der Waals surface area contributed by atoms with Crippen LogP contribution in [0.25, 0.3) is 0 Å². The Kier molecular flexibility index (Phi) is 7.87. The predicted molar refractivity (Wildman–Crippen MR) is 147 cm³/mol. The summed E-state index contributed by atoms with van der Waals surface area (Å²) in [6.07, 6.45) is 2.60. The van der Waals surface area contributed by atoms with Gasteiger partial charge in [0, 0.05) is 41.9 Å². The molecule has 0 radical (unpaired) electrons. The van der Waals surface area contributed by atoms with E-state index in [1.54, 1.807) is 18.2 Å². The van der Waals surface area contributed by atoms with Crippen LogP contribution >= 0.6 is 11.6 Å². The summed E-state index contributed by atoms with van der Waals surface area (Å²) < 4.78 is 30.6. The number of nitrogens with one attached hydrogen (secondary N) is 2. The zero-order valence-corrected chi connectivity index (χ0v) is 23.4. The van der Waals surface area contributed by atoms with Crippen molar-refractivity contribution < 1.29 is 23.8 Å². The molecule has 3 aromatic rings. The summed E-state index contributed by atoms with van der Waals surface area (Å²) in [6, 6.07) is 7.96. The van der Waals surface area contributed by atoms with Gasteiger partial charge in [-0.2, -0.15) is 5.10 Å². The van der Waals surface area contributed by atoms with Gasteiger partial charge < -0.3 is 15.5 Å². The fraction of sp³-hybridized carbons (Fsp3) is 0.483. The molecular formula is C29H34ClF2N5O3. The first kappa shape index (κ1) is 28.4. The number of anilines is 2. The van der Waals surface area contributed by atoms with Crippen LogP contribution in [-0.4, -0.2) is 48.9 Å². The molecule has 1 aliphatic heterocycles. The van der Waals surface area contributed by atoms with E-state index >= 15 is 4.39 Å². The van der Waals surface area contributed by atoms with E-state index in [-0.39, 0.29) is 41.6 Å². The Balaban J connectivity index is 1.45. The molecule has 5 rings (SSSR count). The molecule has 1 aliphatic carbocycles.